The van der Waals surface area contributed by atoms with Crippen LogP contribution in [0.2, 0.25) is 0 Å². The predicted molar refractivity (Wildman–Crippen MR) is 89.3 cm³/mol. The minimum atomic E-state index is -4.53. The molecular formula is C18H23O3S-. The summed E-state index contributed by atoms with van der Waals surface area (Å²) in [6.45, 7) is 8.16. The molecule has 0 aliphatic carbocycles. The van der Waals surface area contributed by atoms with Crippen LogP contribution in [-0.4, -0.2) is 13.0 Å². The lowest BCUT2D eigenvalue weighted by Gasteiger charge is -2.26. The van der Waals surface area contributed by atoms with Crippen LogP contribution in [0.3, 0.4) is 0 Å². The molecule has 0 heterocycles. The van der Waals surface area contributed by atoms with E-state index in [2.05, 4.69) is 19.9 Å². The first kappa shape index (κ1) is 17.0. The summed E-state index contributed by atoms with van der Waals surface area (Å²) in [6.07, 6.45) is 1.70. The predicted octanol–water partition coefficient (Wildman–Crippen LogP) is 4.77. The third-order valence-corrected chi connectivity index (χ3v) is 5.51. The number of benzene rings is 2. The largest absolute Gasteiger partial charge is 0.744 e. The van der Waals surface area contributed by atoms with Crippen molar-refractivity contribution in [3.8, 4) is 0 Å². The van der Waals surface area contributed by atoms with Crippen molar-refractivity contribution < 1.29 is 13.0 Å². The Morgan fingerprint density at radius 1 is 1.05 bits per heavy atom. The van der Waals surface area contributed by atoms with Gasteiger partial charge in [-0.05, 0) is 46.6 Å². The normalized spacial score (nSPS) is 15.0. The summed E-state index contributed by atoms with van der Waals surface area (Å²) < 4.78 is 36.0. The van der Waals surface area contributed by atoms with Crippen molar-refractivity contribution in [1.29, 1.82) is 0 Å². The maximum atomic E-state index is 12.0. The second kappa shape index (κ2) is 6.39. The zero-order chi connectivity index (χ0) is 16.5. The Balaban J connectivity index is 3.01. The molecule has 0 spiro atoms. The third kappa shape index (κ3) is 3.03. The minimum Gasteiger partial charge on any atom is -0.744 e. The second-order valence-corrected chi connectivity index (χ2v) is 7.32. The second-order valence-electron chi connectivity index (χ2n) is 6.00. The fraction of sp³-hybridized carbons (Fsp3) is 0.444. The zero-order valence-corrected chi connectivity index (χ0v) is 14.4. The number of hydrogen-bond acceptors (Lipinski definition) is 3. The SMILES string of the molecule is CCC(C)c1cc2ccccc2c(S(=O)(=O)[O-])c1C(C)CC. The van der Waals surface area contributed by atoms with Crippen molar-refractivity contribution >= 4 is 20.9 Å². The molecule has 0 fully saturated rings. The van der Waals surface area contributed by atoms with E-state index in [-0.39, 0.29) is 16.7 Å². The molecule has 0 bridgehead atoms. The monoisotopic (exact) mass is 319 g/mol. The van der Waals surface area contributed by atoms with Crippen molar-refractivity contribution in [3.63, 3.8) is 0 Å². The smallest absolute Gasteiger partial charge is 0.125 e. The van der Waals surface area contributed by atoms with Gasteiger partial charge < -0.3 is 4.55 Å². The van der Waals surface area contributed by atoms with Crippen LogP contribution in [0.4, 0.5) is 0 Å². The van der Waals surface area contributed by atoms with E-state index in [0.717, 1.165) is 23.8 Å². The van der Waals surface area contributed by atoms with Gasteiger partial charge in [-0.25, -0.2) is 8.42 Å². The lowest BCUT2D eigenvalue weighted by Crippen LogP contribution is -2.12. The molecular weight excluding hydrogens is 296 g/mol. The lowest BCUT2D eigenvalue weighted by atomic mass is 9.84. The van der Waals surface area contributed by atoms with Gasteiger partial charge in [0, 0.05) is 0 Å². The molecule has 0 aliphatic rings. The number of fused-ring (bicyclic) bond motifs is 1. The molecule has 0 saturated heterocycles. The highest BCUT2D eigenvalue weighted by molar-refractivity contribution is 7.86. The van der Waals surface area contributed by atoms with Gasteiger partial charge in [0.1, 0.15) is 10.1 Å². The van der Waals surface area contributed by atoms with Crippen LogP contribution in [-0.2, 0) is 10.1 Å². The summed E-state index contributed by atoms with van der Waals surface area (Å²) in [4.78, 5) is -0.0183. The van der Waals surface area contributed by atoms with Crippen LogP contribution >= 0.6 is 0 Å². The number of hydrogen-bond donors (Lipinski definition) is 0. The molecule has 0 saturated carbocycles. The van der Waals surface area contributed by atoms with Gasteiger partial charge in [0.05, 0.1) is 4.90 Å². The Labute approximate surface area is 133 Å². The van der Waals surface area contributed by atoms with Crippen molar-refractivity contribution in [2.75, 3.05) is 0 Å². The molecule has 0 N–H and O–H groups in total. The van der Waals surface area contributed by atoms with E-state index in [4.69, 9.17) is 0 Å². The maximum absolute atomic E-state index is 12.0. The standard InChI is InChI=1S/C18H24O3S/c1-5-12(3)16-11-14-9-7-8-10-15(14)18(22(19,20)21)17(16)13(4)6-2/h7-13H,5-6H2,1-4H3,(H,19,20,21)/p-1. The fourth-order valence-corrected chi connectivity index (χ4v) is 4.00. The van der Waals surface area contributed by atoms with E-state index in [1.165, 1.54) is 0 Å². The van der Waals surface area contributed by atoms with E-state index < -0.39 is 10.1 Å². The summed E-state index contributed by atoms with van der Waals surface area (Å²) in [5.41, 5.74) is 1.70. The van der Waals surface area contributed by atoms with Crippen LogP contribution in [0.15, 0.2) is 35.2 Å². The van der Waals surface area contributed by atoms with Crippen LogP contribution in [0.5, 0.6) is 0 Å². The molecule has 2 aromatic carbocycles. The van der Waals surface area contributed by atoms with Crippen LogP contribution < -0.4 is 0 Å². The Bertz CT molecular complexity index is 778. The molecule has 4 heteroatoms. The summed E-state index contributed by atoms with van der Waals surface area (Å²) in [6, 6.07) is 9.30. The van der Waals surface area contributed by atoms with Crippen LogP contribution in [0.1, 0.15) is 63.5 Å². The summed E-state index contributed by atoms with van der Waals surface area (Å²) in [7, 11) is -4.53. The molecule has 0 aromatic heterocycles. The highest BCUT2D eigenvalue weighted by atomic mass is 32.2. The van der Waals surface area contributed by atoms with E-state index in [1.807, 2.05) is 26.0 Å². The van der Waals surface area contributed by atoms with Gasteiger partial charge in [-0.3, -0.25) is 0 Å². The molecule has 2 unspecified atom stereocenters. The maximum Gasteiger partial charge on any atom is 0.125 e. The molecule has 0 radical (unpaired) electrons. The Kier molecular flexibility index (Phi) is 4.93. The molecule has 3 nitrogen and oxygen atoms in total. The molecule has 2 aromatic rings. The van der Waals surface area contributed by atoms with Crippen molar-refractivity contribution in [2.24, 2.45) is 0 Å². The van der Waals surface area contributed by atoms with Gasteiger partial charge in [0.15, 0.2) is 0 Å². The van der Waals surface area contributed by atoms with Gasteiger partial charge in [0.25, 0.3) is 0 Å². The van der Waals surface area contributed by atoms with Crippen LogP contribution in [0.25, 0.3) is 10.8 Å². The molecule has 2 atom stereocenters. The molecule has 22 heavy (non-hydrogen) atoms. The van der Waals surface area contributed by atoms with Gasteiger partial charge in [-0.1, -0.05) is 58.0 Å². The Morgan fingerprint density at radius 2 is 1.64 bits per heavy atom. The first-order valence-corrected chi connectivity index (χ1v) is 9.23. The topological polar surface area (TPSA) is 57.2 Å². The van der Waals surface area contributed by atoms with E-state index in [0.29, 0.717) is 10.9 Å². The highest BCUT2D eigenvalue weighted by Gasteiger charge is 2.23. The first-order valence-electron chi connectivity index (χ1n) is 7.82. The summed E-state index contributed by atoms with van der Waals surface area (Å²) in [5.74, 6) is 0.251. The molecule has 0 amide bonds. The van der Waals surface area contributed by atoms with Crippen molar-refractivity contribution in [3.05, 3.63) is 41.5 Å². The van der Waals surface area contributed by atoms with E-state index in [9.17, 15) is 13.0 Å². The molecule has 0 aliphatic heterocycles. The fourth-order valence-electron chi connectivity index (χ4n) is 2.96. The van der Waals surface area contributed by atoms with Gasteiger partial charge in [-0.2, -0.15) is 0 Å². The Morgan fingerprint density at radius 3 is 2.18 bits per heavy atom. The average molecular weight is 319 g/mol. The third-order valence-electron chi connectivity index (χ3n) is 4.57. The van der Waals surface area contributed by atoms with Crippen molar-refractivity contribution in [2.45, 2.75) is 57.3 Å². The first-order chi connectivity index (χ1) is 10.3. The molecule has 120 valence electrons. The van der Waals surface area contributed by atoms with E-state index >= 15 is 0 Å². The lowest BCUT2D eigenvalue weighted by molar-refractivity contribution is 0.461. The minimum absolute atomic E-state index is 0.0183. The van der Waals surface area contributed by atoms with Crippen LogP contribution in [0, 0.1) is 0 Å². The van der Waals surface area contributed by atoms with Crippen molar-refractivity contribution in [1.82, 2.24) is 0 Å². The highest BCUT2D eigenvalue weighted by Crippen LogP contribution is 2.39. The quantitative estimate of drug-likeness (QED) is 0.746. The Hall–Kier alpha value is -1.39. The summed E-state index contributed by atoms with van der Waals surface area (Å²) in [5, 5.41) is 1.36. The van der Waals surface area contributed by atoms with E-state index in [1.54, 1.807) is 12.1 Å². The van der Waals surface area contributed by atoms with Gasteiger partial charge in [0.2, 0.25) is 0 Å². The molecule has 2 rings (SSSR count). The zero-order valence-electron chi connectivity index (χ0n) is 13.6. The van der Waals surface area contributed by atoms with Gasteiger partial charge >= 0.3 is 0 Å². The summed E-state index contributed by atoms with van der Waals surface area (Å²) >= 11 is 0. The number of rotatable bonds is 5. The average Bonchev–Trinajstić information content (AvgIpc) is 2.50. The van der Waals surface area contributed by atoms with Gasteiger partial charge in [-0.15, -0.1) is 0 Å².